The number of ether oxygens (including phenoxy) is 2. The molecule has 0 aliphatic heterocycles. The Morgan fingerprint density at radius 1 is 1.38 bits per heavy atom. The molecule has 0 spiro atoms. The molecule has 130 valence electrons. The van der Waals surface area contributed by atoms with Gasteiger partial charge in [0.2, 0.25) is 0 Å². The van der Waals surface area contributed by atoms with Gasteiger partial charge in [-0.2, -0.15) is 13.9 Å². The smallest absolute Gasteiger partial charge is 0.387 e. The number of halogens is 2. The Kier molecular flexibility index (Phi) is 6.44. The average molecular weight is 356 g/mol. The van der Waals surface area contributed by atoms with Gasteiger partial charge in [0, 0.05) is 6.61 Å². The minimum absolute atomic E-state index is 0.0202. The van der Waals surface area contributed by atoms with Crippen LogP contribution in [0.15, 0.2) is 30.6 Å². The van der Waals surface area contributed by atoms with Crippen molar-refractivity contribution in [3.05, 3.63) is 36.2 Å². The van der Waals surface area contributed by atoms with Gasteiger partial charge in [-0.3, -0.25) is 0 Å². The molecule has 9 heteroatoms. The average Bonchev–Trinajstić information content (AvgIpc) is 2.95. The van der Waals surface area contributed by atoms with Crippen molar-refractivity contribution in [2.75, 3.05) is 17.2 Å². The molecule has 0 aliphatic carbocycles. The molecule has 0 saturated heterocycles. The van der Waals surface area contributed by atoms with E-state index in [-0.39, 0.29) is 10.9 Å². The summed E-state index contributed by atoms with van der Waals surface area (Å²) >= 11 is 5.20. The molecule has 2 rings (SSSR count). The summed E-state index contributed by atoms with van der Waals surface area (Å²) in [4.78, 5) is 0. The third-order valence-corrected chi connectivity index (χ3v) is 3.12. The summed E-state index contributed by atoms with van der Waals surface area (Å²) in [5.74, 6) is 0.0202. The molecule has 0 unspecified atom stereocenters. The minimum Gasteiger partial charge on any atom is -0.433 e. The van der Waals surface area contributed by atoms with Gasteiger partial charge >= 0.3 is 6.61 Å². The van der Waals surface area contributed by atoms with E-state index in [1.807, 2.05) is 13.8 Å². The topological polar surface area (TPSA) is 60.3 Å². The fraction of sp³-hybridized carbons (Fsp3) is 0.333. The second kappa shape index (κ2) is 8.55. The van der Waals surface area contributed by atoms with Crippen LogP contribution < -0.4 is 15.4 Å². The molecule has 0 bridgehead atoms. The van der Waals surface area contributed by atoms with Crippen LogP contribution in [0.3, 0.4) is 0 Å². The summed E-state index contributed by atoms with van der Waals surface area (Å²) in [6, 6.07) is 4.81. The third-order valence-electron chi connectivity index (χ3n) is 2.92. The van der Waals surface area contributed by atoms with Gasteiger partial charge in [-0.15, -0.1) is 0 Å². The predicted molar refractivity (Wildman–Crippen MR) is 91.5 cm³/mol. The Hall–Kier alpha value is -2.26. The van der Waals surface area contributed by atoms with E-state index in [2.05, 4.69) is 20.5 Å². The van der Waals surface area contributed by atoms with Crippen molar-refractivity contribution >= 4 is 28.7 Å². The fourth-order valence-electron chi connectivity index (χ4n) is 1.91. The second-order valence-electron chi connectivity index (χ2n) is 4.85. The van der Waals surface area contributed by atoms with Crippen LogP contribution in [-0.4, -0.2) is 28.1 Å². The van der Waals surface area contributed by atoms with Gasteiger partial charge < -0.3 is 20.1 Å². The Morgan fingerprint density at radius 2 is 2.17 bits per heavy atom. The van der Waals surface area contributed by atoms with E-state index in [9.17, 15) is 8.78 Å². The van der Waals surface area contributed by atoms with Crippen LogP contribution >= 0.6 is 12.2 Å². The summed E-state index contributed by atoms with van der Waals surface area (Å²) in [7, 11) is 0. The van der Waals surface area contributed by atoms with Gasteiger partial charge in [-0.1, -0.05) is 6.07 Å². The Labute approximate surface area is 143 Å². The lowest BCUT2D eigenvalue weighted by Crippen LogP contribution is -2.19. The van der Waals surface area contributed by atoms with E-state index in [0.29, 0.717) is 24.7 Å². The largest absolute Gasteiger partial charge is 0.433 e. The number of benzene rings is 1. The molecule has 1 heterocycles. The maximum atomic E-state index is 12.5. The first-order valence-corrected chi connectivity index (χ1v) is 7.62. The molecule has 0 saturated carbocycles. The molecule has 1 aromatic carbocycles. The van der Waals surface area contributed by atoms with Crippen LogP contribution in [0.2, 0.25) is 0 Å². The summed E-state index contributed by atoms with van der Waals surface area (Å²) in [5, 5.41) is 10.1. The summed E-state index contributed by atoms with van der Waals surface area (Å²) in [5.41, 5.74) is 1.89. The van der Waals surface area contributed by atoms with Crippen molar-refractivity contribution in [3.63, 3.8) is 0 Å². The highest BCUT2D eigenvalue weighted by atomic mass is 32.1. The highest BCUT2D eigenvalue weighted by molar-refractivity contribution is 7.80. The zero-order valence-corrected chi connectivity index (χ0v) is 14.1. The van der Waals surface area contributed by atoms with E-state index in [4.69, 9.17) is 17.0 Å². The zero-order chi connectivity index (χ0) is 17.5. The maximum absolute atomic E-state index is 12.5. The molecule has 2 aromatic rings. The number of thiocarbonyl (C=S) groups is 1. The van der Waals surface area contributed by atoms with Crippen LogP contribution in [0, 0.1) is 6.92 Å². The van der Waals surface area contributed by atoms with Crippen molar-refractivity contribution in [2.45, 2.75) is 27.2 Å². The van der Waals surface area contributed by atoms with Crippen molar-refractivity contribution in [2.24, 2.45) is 0 Å². The van der Waals surface area contributed by atoms with E-state index in [1.165, 1.54) is 6.07 Å². The predicted octanol–water partition coefficient (Wildman–Crippen LogP) is 3.60. The SMILES string of the molecule is CCOCn1cc(NC(=S)Nc2cc(C)ccc2OC(F)F)cn1. The van der Waals surface area contributed by atoms with E-state index in [1.54, 1.807) is 29.2 Å². The van der Waals surface area contributed by atoms with Gasteiger partial charge in [0.15, 0.2) is 5.11 Å². The van der Waals surface area contributed by atoms with E-state index in [0.717, 1.165) is 5.56 Å². The van der Waals surface area contributed by atoms with Gasteiger partial charge in [-0.25, -0.2) is 4.68 Å². The Bertz CT molecular complexity index is 694. The molecule has 0 radical (unpaired) electrons. The van der Waals surface area contributed by atoms with Crippen LogP contribution in [0.1, 0.15) is 12.5 Å². The number of alkyl halides is 2. The molecule has 2 N–H and O–H groups in total. The molecule has 0 aliphatic rings. The van der Waals surface area contributed by atoms with Crippen LogP contribution in [-0.2, 0) is 11.5 Å². The fourth-order valence-corrected chi connectivity index (χ4v) is 2.14. The van der Waals surface area contributed by atoms with E-state index >= 15 is 0 Å². The number of hydrogen-bond donors (Lipinski definition) is 2. The van der Waals surface area contributed by atoms with Crippen molar-refractivity contribution < 1.29 is 18.3 Å². The lowest BCUT2D eigenvalue weighted by Gasteiger charge is -2.14. The summed E-state index contributed by atoms with van der Waals surface area (Å²) < 4.78 is 36.3. The van der Waals surface area contributed by atoms with Crippen LogP contribution in [0.4, 0.5) is 20.2 Å². The van der Waals surface area contributed by atoms with Crippen molar-refractivity contribution in [1.29, 1.82) is 0 Å². The molecule has 6 nitrogen and oxygen atoms in total. The Balaban J connectivity index is 2.01. The summed E-state index contributed by atoms with van der Waals surface area (Å²) in [6.45, 7) is 1.74. The highest BCUT2D eigenvalue weighted by Crippen LogP contribution is 2.27. The third kappa shape index (κ3) is 5.43. The second-order valence-corrected chi connectivity index (χ2v) is 5.26. The van der Waals surface area contributed by atoms with Gasteiger partial charge in [0.25, 0.3) is 0 Å². The number of anilines is 2. The first kappa shape index (κ1) is 18.1. The lowest BCUT2D eigenvalue weighted by molar-refractivity contribution is -0.0493. The number of hydrogen-bond acceptors (Lipinski definition) is 4. The molecular formula is C15H18F2N4O2S. The molecule has 24 heavy (non-hydrogen) atoms. The number of nitrogens with zero attached hydrogens (tertiary/aromatic N) is 2. The first-order chi connectivity index (χ1) is 11.5. The zero-order valence-electron chi connectivity index (χ0n) is 13.3. The van der Waals surface area contributed by atoms with E-state index < -0.39 is 6.61 Å². The molecule has 1 aromatic heterocycles. The van der Waals surface area contributed by atoms with Crippen molar-refractivity contribution in [3.8, 4) is 5.75 Å². The first-order valence-electron chi connectivity index (χ1n) is 7.21. The van der Waals surface area contributed by atoms with Gasteiger partial charge in [-0.05, 0) is 43.8 Å². The van der Waals surface area contributed by atoms with Gasteiger partial charge in [0.05, 0.1) is 23.8 Å². The normalized spacial score (nSPS) is 10.7. The van der Waals surface area contributed by atoms with Crippen LogP contribution in [0.5, 0.6) is 5.75 Å². The molecule has 0 amide bonds. The molecular weight excluding hydrogens is 338 g/mol. The minimum atomic E-state index is -2.91. The molecule has 0 fully saturated rings. The van der Waals surface area contributed by atoms with Crippen LogP contribution in [0.25, 0.3) is 0 Å². The number of aromatic nitrogens is 2. The highest BCUT2D eigenvalue weighted by Gasteiger charge is 2.11. The van der Waals surface area contributed by atoms with Gasteiger partial charge in [0.1, 0.15) is 12.5 Å². The number of nitrogens with one attached hydrogen (secondary N) is 2. The quantitative estimate of drug-likeness (QED) is 0.740. The lowest BCUT2D eigenvalue weighted by atomic mass is 10.2. The maximum Gasteiger partial charge on any atom is 0.387 e. The number of rotatable bonds is 7. The molecule has 0 atom stereocenters. The van der Waals surface area contributed by atoms with Crippen molar-refractivity contribution in [1.82, 2.24) is 9.78 Å². The number of aryl methyl sites for hydroxylation is 1. The monoisotopic (exact) mass is 356 g/mol. The standard InChI is InChI=1S/C15H18F2N4O2S/c1-3-22-9-21-8-11(7-18-21)19-15(24)20-12-6-10(2)4-5-13(12)23-14(16)17/h4-8,14H,3,9H2,1-2H3,(H2,19,20,24). The summed E-state index contributed by atoms with van der Waals surface area (Å²) in [6.07, 6.45) is 3.30. The Morgan fingerprint density at radius 3 is 2.88 bits per heavy atom.